The van der Waals surface area contributed by atoms with E-state index in [2.05, 4.69) is 0 Å². The van der Waals surface area contributed by atoms with Crippen LogP contribution in [-0.2, 0) is 12.7 Å². The number of halogens is 4. The highest BCUT2D eigenvalue weighted by Crippen LogP contribution is 2.27. The molecule has 0 aliphatic heterocycles. The van der Waals surface area contributed by atoms with Crippen LogP contribution in [0.5, 0.6) is 0 Å². The third kappa shape index (κ3) is 3.58. The van der Waals surface area contributed by atoms with E-state index in [4.69, 9.17) is 18.0 Å². The Labute approximate surface area is 150 Å². The molecule has 0 bridgehead atoms. The van der Waals surface area contributed by atoms with Crippen LogP contribution in [0.1, 0.15) is 29.4 Å². The Kier molecular flexibility index (Phi) is 5.42. The topological polar surface area (TPSA) is 61.1 Å². The number of terminal acetylenes is 1. The third-order valence-electron chi connectivity index (χ3n) is 3.56. The second kappa shape index (κ2) is 7.22. The average molecular weight is 385 g/mol. The maximum absolute atomic E-state index is 13.1. The first-order chi connectivity index (χ1) is 12.1. The van der Waals surface area contributed by atoms with E-state index >= 15 is 0 Å². The van der Waals surface area contributed by atoms with Crippen LogP contribution < -0.4 is 11.2 Å². The zero-order valence-electron chi connectivity index (χ0n) is 13.4. The molecule has 0 saturated carbocycles. The number of Topliss-reactive ketones (excluding diaryl/α,β-unsaturated/α-hetero) is 1. The smallest absolute Gasteiger partial charge is 0.294 e. The number of carbonyl (C=O) groups is 1. The van der Waals surface area contributed by atoms with Gasteiger partial charge in [0.15, 0.2) is 5.78 Å². The minimum Gasteiger partial charge on any atom is -0.294 e. The lowest BCUT2D eigenvalue weighted by Crippen LogP contribution is -2.41. The minimum absolute atomic E-state index is 0.0568. The van der Waals surface area contributed by atoms with Crippen molar-refractivity contribution >= 4 is 17.4 Å². The maximum atomic E-state index is 13.1. The van der Waals surface area contributed by atoms with Crippen LogP contribution in [0.4, 0.5) is 13.2 Å². The fourth-order valence-corrected chi connectivity index (χ4v) is 2.57. The molecule has 0 saturated heterocycles. The molecule has 0 fully saturated rings. The van der Waals surface area contributed by atoms with Crippen molar-refractivity contribution in [3.63, 3.8) is 0 Å². The summed E-state index contributed by atoms with van der Waals surface area (Å²) in [6.45, 7) is 0.915. The van der Waals surface area contributed by atoms with Crippen LogP contribution in [0, 0.1) is 12.3 Å². The van der Waals surface area contributed by atoms with Crippen molar-refractivity contribution in [2.75, 3.05) is 0 Å². The van der Waals surface area contributed by atoms with E-state index in [1.165, 1.54) is 18.2 Å². The zero-order valence-corrected chi connectivity index (χ0v) is 14.2. The molecule has 2 rings (SSSR count). The summed E-state index contributed by atoms with van der Waals surface area (Å²) < 4.78 is 40.1. The van der Waals surface area contributed by atoms with Gasteiger partial charge in [0, 0.05) is 18.1 Å². The van der Waals surface area contributed by atoms with Crippen molar-refractivity contribution < 1.29 is 18.0 Å². The van der Waals surface area contributed by atoms with Gasteiger partial charge in [0.25, 0.3) is 5.56 Å². The summed E-state index contributed by atoms with van der Waals surface area (Å²) in [5, 5.41) is 0.101. The minimum atomic E-state index is -4.93. The van der Waals surface area contributed by atoms with Gasteiger partial charge in [-0.2, -0.15) is 13.2 Å². The predicted molar refractivity (Wildman–Crippen MR) is 89.8 cm³/mol. The molecule has 0 N–H and O–H groups in total. The molecule has 136 valence electrons. The van der Waals surface area contributed by atoms with E-state index in [1.54, 1.807) is 6.92 Å². The van der Waals surface area contributed by atoms with Gasteiger partial charge in [-0.15, -0.1) is 6.42 Å². The van der Waals surface area contributed by atoms with Crippen LogP contribution in [0.2, 0.25) is 5.02 Å². The number of carbonyl (C=O) groups excluding carboxylic acids is 1. The van der Waals surface area contributed by atoms with Gasteiger partial charge in [-0.25, -0.2) is 9.36 Å². The van der Waals surface area contributed by atoms with E-state index in [0.717, 1.165) is 0 Å². The number of hydrogen-bond donors (Lipinski definition) is 0. The molecule has 9 heteroatoms. The molecule has 1 aromatic carbocycles. The van der Waals surface area contributed by atoms with Gasteiger partial charge in [0.2, 0.25) is 0 Å². The summed E-state index contributed by atoms with van der Waals surface area (Å²) in [5.41, 5.74) is -3.93. The summed E-state index contributed by atoms with van der Waals surface area (Å²) in [4.78, 5) is 36.6. The Morgan fingerprint density at radius 2 is 1.92 bits per heavy atom. The third-order valence-corrected chi connectivity index (χ3v) is 3.89. The fraction of sp³-hybridized carbons (Fsp3) is 0.235. The second-order valence-electron chi connectivity index (χ2n) is 5.21. The maximum Gasteiger partial charge on any atom is 0.431 e. The van der Waals surface area contributed by atoms with Crippen molar-refractivity contribution in [3.8, 4) is 18.0 Å². The molecule has 5 nitrogen and oxygen atoms in total. The van der Waals surface area contributed by atoms with E-state index in [0.29, 0.717) is 4.57 Å². The zero-order chi connectivity index (χ0) is 19.6. The van der Waals surface area contributed by atoms with Gasteiger partial charge in [0.05, 0.1) is 17.3 Å². The molecule has 0 radical (unpaired) electrons. The summed E-state index contributed by atoms with van der Waals surface area (Å²) >= 11 is 5.94. The molecule has 1 heterocycles. The Morgan fingerprint density at radius 1 is 1.27 bits per heavy atom. The molecule has 0 amide bonds. The summed E-state index contributed by atoms with van der Waals surface area (Å²) in [7, 11) is 0. The Balaban J connectivity index is 2.83. The molecule has 0 atom stereocenters. The number of nitrogens with zero attached hydrogens (tertiary/aromatic N) is 2. The van der Waals surface area contributed by atoms with Crippen LogP contribution in [0.25, 0.3) is 5.69 Å². The number of benzene rings is 1. The standard InChI is InChI=1S/C17H12ClF3N2O3/c1-3-7-22-14(17(19,20)21)9-15(25)23(16(22)26)10-5-6-12(18)11(8-10)13(24)4-2/h1,5-6,8-9H,4,7H2,2H3. The average Bonchev–Trinajstić information content (AvgIpc) is 2.57. The number of rotatable bonds is 4. The lowest BCUT2D eigenvalue weighted by atomic mass is 10.1. The lowest BCUT2D eigenvalue weighted by molar-refractivity contribution is -0.144. The number of ketones is 1. The quantitative estimate of drug-likeness (QED) is 0.601. The highest BCUT2D eigenvalue weighted by atomic mass is 35.5. The first-order valence-electron chi connectivity index (χ1n) is 7.32. The van der Waals surface area contributed by atoms with E-state index < -0.39 is 29.7 Å². The molecule has 26 heavy (non-hydrogen) atoms. The predicted octanol–water partition coefficient (Wildman–Crippen LogP) is 2.90. The van der Waals surface area contributed by atoms with E-state index in [1.807, 2.05) is 5.92 Å². The van der Waals surface area contributed by atoms with Crippen molar-refractivity contribution in [2.24, 2.45) is 0 Å². The second-order valence-corrected chi connectivity index (χ2v) is 5.62. The van der Waals surface area contributed by atoms with E-state index in [9.17, 15) is 27.6 Å². The molecular formula is C17H12ClF3N2O3. The normalized spacial score (nSPS) is 11.2. The molecule has 0 aliphatic rings. The van der Waals surface area contributed by atoms with Crippen molar-refractivity contribution in [3.05, 3.63) is 61.4 Å². The van der Waals surface area contributed by atoms with Gasteiger partial charge in [0.1, 0.15) is 5.69 Å². The summed E-state index contributed by atoms with van der Waals surface area (Å²) in [5.74, 6) is 1.61. The Morgan fingerprint density at radius 3 is 2.46 bits per heavy atom. The highest BCUT2D eigenvalue weighted by Gasteiger charge is 2.35. The van der Waals surface area contributed by atoms with Crippen molar-refractivity contribution in [2.45, 2.75) is 26.1 Å². The lowest BCUT2D eigenvalue weighted by Gasteiger charge is -2.16. The summed E-state index contributed by atoms with van der Waals surface area (Å²) in [6, 6.07) is 4.01. The first-order valence-corrected chi connectivity index (χ1v) is 7.70. The largest absolute Gasteiger partial charge is 0.431 e. The van der Waals surface area contributed by atoms with Gasteiger partial charge in [-0.05, 0) is 18.2 Å². The van der Waals surface area contributed by atoms with Crippen LogP contribution in [0.3, 0.4) is 0 Å². The van der Waals surface area contributed by atoms with Gasteiger partial charge >= 0.3 is 11.9 Å². The summed E-state index contributed by atoms with van der Waals surface area (Å²) in [6.07, 6.45) is 0.228. The molecule has 2 aromatic rings. The Bertz CT molecular complexity index is 1030. The van der Waals surface area contributed by atoms with Crippen molar-refractivity contribution in [1.29, 1.82) is 0 Å². The van der Waals surface area contributed by atoms with Crippen LogP contribution in [0.15, 0.2) is 33.9 Å². The molecule has 1 aromatic heterocycles. The van der Waals surface area contributed by atoms with Gasteiger partial charge in [-0.3, -0.25) is 14.2 Å². The van der Waals surface area contributed by atoms with Gasteiger partial charge < -0.3 is 0 Å². The molecular weight excluding hydrogens is 373 g/mol. The van der Waals surface area contributed by atoms with Crippen LogP contribution in [-0.4, -0.2) is 14.9 Å². The molecule has 0 aliphatic carbocycles. The van der Waals surface area contributed by atoms with Crippen LogP contribution >= 0.6 is 11.6 Å². The molecule has 0 spiro atoms. The fourth-order valence-electron chi connectivity index (χ4n) is 2.35. The van der Waals surface area contributed by atoms with Gasteiger partial charge in [-0.1, -0.05) is 24.4 Å². The Hall–Kier alpha value is -2.79. The van der Waals surface area contributed by atoms with Crippen molar-refractivity contribution in [1.82, 2.24) is 9.13 Å². The number of aromatic nitrogens is 2. The highest BCUT2D eigenvalue weighted by molar-refractivity contribution is 6.34. The first kappa shape index (κ1) is 19.5. The molecule has 0 unspecified atom stereocenters. The monoisotopic (exact) mass is 384 g/mol. The SMILES string of the molecule is C#CCn1c(C(F)(F)F)cc(=O)n(-c2ccc(Cl)c(C(=O)CC)c2)c1=O. The van der Waals surface area contributed by atoms with E-state index in [-0.39, 0.29) is 39.1 Å². The number of alkyl halides is 3. The number of hydrogen-bond acceptors (Lipinski definition) is 3.